The van der Waals surface area contributed by atoms with E-state index < -0.39 is 10.0 Å². The summed E-state index contributed by atoms with van der Waals surface area (Å²) in [5.41, 5.74) is 1.99. The molecule has 2 rings (SSSR count). The molecule has 0 heterocycles. The minimum absolute atomic E-state index is 0.0318. The van der Waals surface area contributed by atoms with Gasteiger partial charge in [-0.15, -0.1) is 0 Å². The van der Waals surface area contributed by atoms with Crippen LogP contribution in [0.15, 0.2) is 48.5 Å². The molecule has 0 aromatic heterocycles. The summed E-state index contributed by atoms with van der Waals surface area (Å²) in [6.45, 7) is 2.06. The highest BCUT2D eigenvalue weighted by Gasteiger charge is 2.06. The quantitative estimate of drug-likeness (QED) is 0.846. The van der Waals surface area contributed by atoms with Gasteiger partial charge in [0, 0.05) is 17.5 Å². The summed E-state index contributed by atoms with van der Waals surface area (Å²) in [6, 6.07) is 14.4. The molecule has 5 heteroatoms. The van der Waals surface area contributed by atoms with Crippen LogP contribution in [0.3, 0.4) is 0 Å². The number of phenols is 1. The summed E-state index contributed by atoms with van der Waals surface area (Å²) >= 11 is 0. The van der Waals surface area contributed by atoms with Gasteiger partial charge < -0.3 is 5.11 Å². The first-order valence-corrected chi connectivity index (χ1v) is 9.15. The first-order chi connectivity index (χ1) is 10.9. The van der Waals surface area contributed by atoms with Crippen molar-refractivity contribution in [3.63, 3.8) is 0 Å². The monoisotopic (exact) mass is 329 g/mol. The first kappa shape index (κ1) is 16.9. The van der Waals surface area contributed by atoms with Gasteiger partial charge in [0.25, 0.3) is 0 Å². The minimum atomic E-state index is -3.40. The molecule has 4 nitrogen and oxygen atoms in total. The lowest BCUT2D eigenvalue weighted by atomic mass is 9.97. The maximum absolute atomic E-state index is 11.3. The largest absolute Gasteiger partial charge is 0.508 e. The molecule has 2 N–H and O–H groups in total. The third-order valence-electron chi connectivity index (χ3n) is 3.22. The van der Waals surface area contributed by atoms with E-state index in [0.29, 0.717) is 11.3 Å². The number of phenolic OH excluding ortho intramolecular Hbond substituents is 1. The maximum Gasteiger partial charge on any atom is 0.229 e. The molecular weight excluding hydrogens is 310 g/mol. The third-order valence-corrected chi connectivity index (χ3v) is 3.83. The van der Waals surface area contributed by atoms with Crippen LogP contribution in [0.4, 0.5) is 5.69 Å². The predicted molar refractivity (Wildman–Crippen MR) is 92.9 cm³/mol. The van der Waals surface area contributed by atoms with E-state index in [1.807, 2.05) is 30.3 Å². The number of benzene rings is 2. The summed E-state index contributed by atoms with van der Waals surface area (Å²) in [6.07, 6.45) is 1.93. The molecule has 0 spiro atoms. The third kappa shape index (κ3) is 5.35. The highest BCUT2D eigenvalue weighted by molar-refractivity contribution is 7.92. The van der Waals surface area contributed by atoms with Crippen molar-refractivity contribution in [2.24, 2.45) is 0 Å². The van der Waals surface area contributed by atoms with Crippen molar-refractivity contribution < 1.29 is 13.5 Å². The van der Waals surface area contributed by atoms with Crippen LogP contribution < -0.4 is 4.72 Å². The van der Waals surface area contributed by atoms with Crippen molar-refractivity contribution in [2.45, 2.75) is 19.3 Å². The fourth-order valence-electron chi connectivity index (χ4n) is 2.23. The van der Waals surface area contributed by atoms with Crippen LogP contribution in [-0.4, -0.2) is 19.8 Å². The second-order valence-electron chi connectivity index (χ2n) is 5.28. The van der Waals surface area contributed by atoms with Gasteiger partial charge in [0.15, 0.2) is 0 Å². The lowest BCUT2D eigenvalue weighted by molar-refractivity contribution is 0.475. The van der Waals surface area contributed by atoms with Crippen molar-refractivity contribution in [2.75, 3.05) is 11.0 Å². The average Bonchev–Trinajstić information content (AvgIpc) is 2.46. The second kappa shape index (κ2) is 7.21. The zero-order chi connectivity index (χ0) is 16.9. The Balaban J connectivity index is 2.30. The Morgan fingerprint density at radius 1 is 1.17 bits per heavy atom. The van der Waals surface area contributed by atoms with E-state index in [1.165, 1.54) is 12.1 Å². The standard InChI is InChI=1S/C18H19NO3S/c1-3-15(16-7-5-4-6-8-16)10-9-14-11-17(13-18(20)12-14)19-23(2,21)22/h4-8,11-13,15,19-20H,3H2,1-2H3. The van der Waals surface area contributed by atoms with Gasteiger partial charge in [-0.25, -0.2) is 8.42 Å². The van der Waals surface area contributed by atoms with E-state index >= 15 is 0 Å². The molecule has 0 fully saturated rings. The number of hydrogen-bond acceptors (Lipinski definition) is 3. The lowest BCUT2D eigenvalue weighted by Crippen LogP contribution is -2.09. The summed E-state index contributed by atoms with van der Waals surface area (Å²) in [4.78, 5) is 0. The van der Waals surface area contributed by atoms with Crippen LogP contribution in [0.1, 0.15) is 30.4 Å². The molecule has 0 radical (unpaired) electrons. The van der Waals surface area contributed by atoms with Crippen molar-refractivity contribution in [1.29, 1.82) is 0 Å². The molecule has 120 valence electrons. The zero-order valence-electron chi connectivity index (χ0n) is 13.1. The highest BCUT2D eigenvalue weighted by atomic mass is 32.2. The molecule has 1 unspecified atom stereocenters. The van der Waals surface area contributed by atoms with Crippen LogP contribution in [0.2, 0.25) is 0 Å². The van der Waals surface area contributed by atoms with Gasteiger partial charge in [0.1, 0.15) is 5.75 Å². The van der Waals surface area contributed by atoms with Crippen LogP contribution in [0.5, 0.6) is 5.75 Å². The van der Waals surface area contributed by atoms with Crippen LogP contribution in [-0.2, 0) is 10.0 Å². The van der Waals surface area contributed by atoms with E-state index in [-0.39, 0.29) is 11.7 Å². The average molecular weight is 329 g/mol. The van der Waals surface area contributed by atoms with Crippen molar-refractivity contribution >= 4 is 15.7 Å². The number of anilines is 1. The molecule has 1 atom stereocenters. The van der Waals surface area contributed by atoms with Gasteiger partial charge in [-0.1, -0.05) is 49.1 Å². The Kier molecular flexibility index (Phi) is 5.30. The Labute approximate surface area is 137 Å². The molecule has 0 aliphatic heterocycles. The van der Waals surface area contributed by atoms with E-state index in [0.717, 1.165) is 18.2 Å². The summed E-state index contributed by atoms with van der Waals surface area (Å²) in [5.74, 6) is 6.25. The molecule has 2 aromatic rings. The highest BCUT2D eigenvalue weighted by Crippen LogP contribution is 2.21. The number of sulfonamides is 1. The SMILES string of the molecule is CCC(C#Cc1cc(O)cc(NS(C)(=O)=O)c1)c1ccccc1. The molecular formula is C18H19NO3S. The van der Waals surface area contributed by atoms with E-state index in [2.05, 4.69) is 23.5 Å². The van der Waals surface area contributed by atoms with Crippen molar-refractivity contribution in [1.82, 2.24) is 0 Å². The van der Waals surface area contributed by atoms with Gasteiger partial charge in [0.2, 0.25) is 10.0 Å². The molecule has 0 saturated carbocycles. The van der Waals surface area contributed by atoms with Crippen LogP contribution >= 0.6 is 0 Å². The van der Waals surface area contributed by atoms with Gasteiger partial charge in [0.05, 0.1) is 11.9 Å². The fourth-order valence-corrected chi connectivity index (χ4v) is 2.78. The van der Waals surface area contributed by atoms with E-state index in [1.54, 1.807) is 6.07 Å². The zero-order valence-corrected chi connectivity index (χ0v) is 13.9. The molecule has 0 saturated heterocycles. The lowest BCUT2D eigenvalue weighted by Gasteiger charge is -2.08. The Morgan fingerprint density at radius 2 is 1.87 bits per heavy atom. The van der Waals surface area contributed by atoms with Gasteiger partial charge in [-0.2, -0.15) is 0 Å². The minimum Gasteiger partial charge on any atom is -0.508 e. The molecule has 2 aromatic carbocycles. The topological polar surface area (TPSA) is 66.4 Å². The van der Waals surface area contributed by atoms with Gasteiger partial charge >= 0.3 is 0 Å². The summed E-state index contributed by atoms with van der Waals surface area (Å²) in [7, 11) is -3.40. The first-order valence-electron chi connectivity index (χ1n) is 7.25. The Hall–Kier alpha value is -2.45. The van der Waals surface area contributed by atoms with Crippen LogP contribution in [0.25, 0.3) is 0 Å². The normalized spacial score (nSPS) is 12.1. The number of aromatic hydroxyl groups is 1. The van der Waals surface area contributed by atoms with Crippen molar-refractivity contribution in [3.05, 3.63) is 59.7 Å². The van der Waals surface area contributed by atoms with Gasteiger partial charge in [-0.05, 0) is 24.1 Å². The number of hydrogen-bond donors (Lipinski definition) is 2. The fraction of sp³-hybridized carbons (Fsp3) is 0.222. The number of rotatable bonds is 4. The Morgan fingerprint density at radius 3 is 2.48 bits per heavy atom. The van der Waals surface area contributed by atoms with Crippen molar-refractivity contribution in [3.8, 4) is 17.6 Å². The van der Waals surface area contributed by atoms with E-state index in [4.69, 9.17) is 0 Å². The summed E-state index contributed by atoms with van der Waals surface area (Å²) in [5, 5.41) is 9.73. The predicted octanol–water partition coefficient (Wildman–Crippen LogP) is 3.31. The molecule has 0 bridgehead atoms. The smallest absolute Gasteiger partial charge is 0.229 e. The van der Waals surface area contributed by atoms with E-state index in [9.17, 15) is 13.5 Å². The molecule has 0 aliphatic carbocycles. The second-order valence-corrected chi connectivity index (χ2v) is 7.03. The molecule has 0 amide bonds. The Bertz CT molecular complexity index is 834. The summed E-state index contributed by atoms with van der Waals surface area (Å²) < 4.78 is 24.9. The van der Waals surface area contributed by atoms with Crippen LogP contribution in [0, 0.1) is 11.8 Å². The molecule has 23 heavy (non-hydrogen) atoms. The van der Waals surface area contributed by atoms with Gasteiger partial charge in [-0.3, -0.25) is 4.72 Å². The maximum atomic E-state index is 11.3. The molecule has 0 aliphatic rings. The number of nitrogens with one attached hydrogen (secondary N) is 1.